The molecule has 0 saturated carbocycles. The Hall–Kier alpha value is -1.94. The minimum Gasteiger partial charge on any atom is -0.436 e. The summed E-state index contributed by atoms with van der Waals surface area (Å²) < 4.78 is 19.0. The molecule has 0 aliphatic heterocycles. The van der Waals surface area contributed by atoms with Gasteiger partial charge in [-0.1, -0.05) is 25.5 Å². The topological polar surface area (TPSA) is 48.1 Å². The summed E-state index contributed by atoms with van der Waals surface area (Å²) in [4.78, 5) is 4.36. The average molecular weight is 260 g/mol. The predicted molar refractivity (Wildman–Crippen MR) is 72.6 cm³/mol. The zero-order valence-corrected chi connectivity index (χ0v) is 10.9. The Kier molecular flexibility index (Phi) is 4.47. The highest BCUT2D eigenvalue weighted by Crippen LogP contribution is 2.24. The van der Waals surface area contributed by atoms with Crippen LogP contribution in [0.1, 0.15) is 24.6 Å². The van der Waals surface area contributed by atoms with Gasteiger partial charge in [0.05, 0.1) is 0 Å². The molecule has 3 nitrogen and oxygen atoms in total. The summed E-state index contributed by atoms with van der Waals surface area (Å²) in [6.45, 7) is 2.49. The summed E-state index contributed by atoms with van der Waals surface area (Å²) in [5.74, 6) is 0.155. The maximum absolute atomic E-state index is 13.5. The third kappa shape index (κ3) is 3.51. The van der Waals surface area contributed by atoms with Crippen LogP contribution < -0.4 is 10.5 Å². The van der Waals surface area contributed by atoms with Gasteiger partial charge in [-0.3, -0.25) is 0 Å². The van der Waals surface area contributed by atoms with Crippen LogP contribution >= 0.6 is 0 Å². The molecule has 0 aliphatic rings. The maximum atomic E-state index is 13.5. The molecule has 0 fully saturated rings. The minimum absolute atomic E-state index is 0.173. The second-order valence-electron chi connectivity index (χ2n) is 4.29. The van der Waals surface area contributed by atoms with Crippen molar-refractivity contribution in [3.63, 3.8) is 0 Å². The Morgan fingerprint density at radius 2 is 2.05 bits per heavy atom. The van der Waals surface area contributed by atoms with E-state index in [4.69, 9.17) is 10.5 Å². The lowest BCUT2D eigenvalue weighted by molar-refractivity contribution is 0.425. The number of nitrogens with zero attached hydrogens (tertiary/aromatic N) is 1. The van der Waals surface area contributed by atoms with Crippen LogP contribution in [-0.4, -0.2) is 4.98 Å². The molecule has 2 aromatic rings. The number of halogens is 1. The van der Waals surface area contributed by atoms with Crippen LogP contribution in [0.15, 0.2) is 36.4 Å². The van der Waals surface area contributed by atoms with Gasteiger partial charge in [-0.05, 0) is 30.2 Å². The molecule has 19 heavy (non-hydrogen) atoms. The van der Waals surface area contributed by atoms with Crippen LogP contribution in [-0.2, 0) is 13.0 Å². The van der Waals surface area contributed by atoms with E-state index in [0.717, 1.165) is 24.1 Å². The van der Waals surface area contributed by atoms with E-state index in [2.05, 4.69) is 11.9 Å². The van der Waals surface area contributed by atoms with Gasteiger partial charge < -0.3 is 10.5 Å². The zero-order valence-electron chi connectivity index (χ0n) is 10.9. The highest BCUT2D eigenvalue weighted by molar-refractivity contribution is 5.31. The molecule has 2 N–H and O–H groups in total. The number of para-hydroxylation sites is 1. The number of pyridine rings is 1. The summed E-state index contributed by atoms with van der Waals surface area (Å²) in [7, 11) is 0. The molecule has 1 heterocycles. The van der Waals surface area contributed by atoms with E-state index in [0.29, 0.717) is 12.4 Å². The van der Waals surface area contributed by atoms with Crippen molar-refractivity contribution in [1.82, 2.24) is 4.98 Å². The smallest absolute Gasteiger partial charge is 0.219 e. The van der Waals surface area contributed by atoms with Crippen molar-refractivity contribution in [2.45, 2.75) is 26.3 Å². The standard InChI is InChI=1S/C15H17FN2O/c1-2-5-12-8-11(10-17)9-15(18-12)19-14-7-4-3-6-13(14)16/h3-4,6-9H,2,5,10,17H2,1H3. The molecule has 4 heteroatoms. The van der Waals surface area contributed by atoms with Gasteiger partial charge in [-0.2, -0.15) is 0 Å². The van der Waals surface area contributed by atoms with Crippen molar-refractivity contribution in [2.24, 2.45) is 5.73 Å². The number of aryl methyl sites for hydroxylation is 1. The zero-order chi connectivity index (χ0) is 13.7. The van der Waals surface area contributed by atoms with Gasteiger partial charge in [-0.15, -0.1) is 0 Å². The first-order valence-corrected chi connectivity index (χ1v) is 6.35. The Morgan fingerprint density at radius 1 is 1.26 bits per heavy atom. The van der Waals surface area contributed by atoms with Crippen molar-refractivity contribution >= 4 is 0 Å². The van der Waals surface area contributed by atoms with Gasteiger partial charge in [0.2, 0.25) is 5.88 Å². The largest absolute Gasteiger partial charge is 0.436 e. The second kappa shape index (κ2) is 6.29. The highest BCUT2D eigenvalue weighted by atomic mass is 19.1. The van der Waals surface area contributed by atoms with E-state index in [1.165, 1.54) is 6.07 Å². The van der Waals surface area contributed by atoms with Crippen LogP contribution in [0.5, 0.6) is 11.6 Å². The Morgan fingerprint density at radius 3 is 2.74 bits per heavy atom. The monoisotopic (exact) mass is 260 g/mol. The van der Waals surface area contributed by atoms with Gasteiger partial charge in [0.15, 0.2) is 11.6 Å². The molecule has 0 radical (unpaired) electrons. The van der Waals surface area contributed by atoms with E-state index in [-0.39, 0.29) is 5.75 Å². The van der Waals surface area contributed by atoms with Crippen LogP contribution in [0.2, 0.25) is 0 Å². The number of nitrogens with two attached hydrogens (primary N) is 1. The summed E-state index contributed by atoms with van der Waals surface area (Å²) in [6.07, 6.45) is 1.83. The Bertz CT molecular complexity index is 558. The molecular weight excluding hydrogens is 243 g/mol. The number of rotatable bonds is 5. The fourth-order valence-electron chi connectivity index (χ4n) is 1.81. The van der Waals surface area contributed by atoms with Crippen LogP contribution in [0.4, 0.5) is 4.39 Å². The molecular formula is C15H17FN2O. The molecule has 1 aromatic carbocycles. The molecule has 0 aliphatic carbocycles. The highest BCUT2D eigenvalue weighted by Gasteiger charge is 2.07. The van der Waals surface area contributed by atoms with E-state index < -0.39 is 5.82 Å². The van der Waals surface area contributed by atoms with Gasteiger partial charge in [0.1, 0.15) is 0 Å². The Balaban J connectivity index is 2.29. The van der Waals surface area contributed by atoms with Gasteiger partial charge in [-0.25, -0.2) is 9.37 Å². The minimum atomic E-state index is -0.403. The third-order valence-corrected chi connectivity index (χ3v) is 2.71. The number of benzene rings is 1. The van der Waals surface area contributed by atoms with Crippen LogP contribution in [0.3, 0.4) is 0 Å². The summed E-state index contributed by atoms with van der Waals surface area (Å²) in [5, 5.41) is 0. The van der Waals surface area contributed by atoms with Crippen LogP contribution in [0, 0.1) is 5.82 Å². The molecule has 0 spiro atoms. The number of ether oxygens (including phenoxy) is 1. The van der Waals surface area contributed by atoms with Crippen LogP contribution in [0.25, 0.3) is 0 Å². The third-order valence-electron chi connectivity index (χ3n) is 2.71. The fraction of sp³-hybridized carbons (Fsp3) is 0.267. The molecule has 0 saturated heterocycles. The molecule has 0 atom stereocenters. The first kappa shape index (κ1) is 13.5. The van der Waals surface area contributed by atoms with Crippen molar-refractivity contribution in [3.05, 3.63) is 53.5 Å². The molecule has 0 amide bonds. The lowest BCUT2D eigenvalue weighted by Crippen LogP contribution is -2.01. The van der Waals surface area contributed by atoms with Gasteiger partial charge >= 0.3 is 0 Å². The molecule has 0 unspecified atom stereocenters. The number of hydrogen-bond donors (Lipinski definition) is 1. The maximum Gasteiger partial charge on any atom is 0.219 e. The average Bonchev–Trinajstić information content (AvgIpc) is 2.41. The number of hydrogen-bond acceptors (Lipinski definition) is 3. The molecule has 2 rings (SSSR count). The summed E-state index contributed by atoms with van der Waals surface area (Å²) in [5.41, 5.74) is 7.50. The van der Waals surface area contributed by atoms with Crippen molar-refractivity contribution in [3.8, 4) is 11.6 Å². The predicted octanol–water partition coefficient (Wildman–Crippen LogP) is 3.42. The Labute approximate surface area is 112 Å². The van der Waals surface area contributed by atoms with Crippen molar-refractivity contribution in [1.29, 1.82) is 0 Å². The SMILES string of the molecule is CCCc1cc(CN)cc(Oc2ccccc2F)n1. The van der Waals surface area contributed by atoms with Gasteiger partial charge in [0, 0.05) is 18.3 Å². The van der Waals surface area contributed by atoms with Crippen molar-refractivity contribution in [2.75, 3.05) is 0 Å². The lowest BCUT2D eigenvalue weighted by atomic mass is 10.1. The molecule has 1 aromatic heterocycles. The van der Waals surface area contributed by atoms with Crippen molar-refractivity contribution < 1.29 is 9.13 Å². The molecule has 100 valence electrons. The van der Waals surface area contributed by atoms with Gasteiger partial charge in [0.25, 0.3) is 0 Å². The first-order chi connectivity index (χ1) is 9.22. The summed E-state index contributed by atoms with van der Waals surface area (Å²) >= 11 is 0. The second-order valence-corrected chi connectivity index (χ2v) is 4.29. The normalized spacial score (nSPS) is 10.5. The number of aromatic nitrogens is 1. The quantitative estimate of drug-likeness (QED) is 0.896. The molecule has 0 bridgehead atoms. The fourth-order valence-corrected chi connectivity index (χ4v) is 1.81. The van der Waals surface area contributed by atoms with E-state index in [1.807, 2.05) is 6.07 Å². The summed E-state index contributed by atoms with van der Waals surface area (Å²) in [6, 6.07) is 9.97. The van der Waals surface area contributed by atoms with E-state index in [1.54, 1.807) is 24.3 Å². The first-order valence-electron chi connectivity index (χ1n) is 6.35. The lowest BCUT2D eigenvalue weighted by Gasteiger charge is -2.09. The van der Waals surface area contributed by atoms with E-state index >= 15 is 0 Å². The van der Waals surface area contributed by atoms with E-state index in [9.17, 15) is 4.39 Å².